The quantitative estimate of drug-likeness (QED) is 0.118. The first-order valence-corrected chi connectivity index (χ1v) is 18.9. The largest absolute Gasteiger partial charge is 0.453 e. The number of imidazole rings is 2. The van der Waals surface area contributed by atoms with E-state index in [2.05, 4.69) is 99.7 Å². The standard InChI is InChI=1S/C42H50N8O4/c1-24(2)35(48-42(53)54-5)23-49-16-6-7-36(49)39-44-21-34(47-39)31-15-14-29-17-28(12-13-30(29)18-31)26-8-10-27(11-9-26)33-20-45-40(46-33)37-19-32(51)22-50(37)41(52)38(43)25(3)4/h8-15,17-18,20-21,24-25,35-38H,6-7,16,19,22-23,43H2,1-5H3,(H,44,47)(H,45,46)(H,48,53). The number of aromatic amines is 2. The predicted octanol–water partition coefficient (Wildman–Crippen LogP) is 6.63. The fourth-order valence-corrected chi connectivity index (χ4v) is 7.62. The Balaban J connectivity index is 1.03. The average Bonchev–Trinajstić information content (AvgIpc) is 4.00. The van der Waals surface area contributed by atoms with E-state index < -0.39 is 18.2 Å². The minimum atomic E-state index is -0.662. The zero-order chi connectivity index (χ0) is 38.1. The summed E-state index contributed by atoms with van der Waals surface area (Å²) in [5, 5.41) is 5.27. The molecule has 4 unspecified atom stereocenters. The van der Waals surface area contributed by atoms with E-state index in [0.717, 1.165) is 76.2 Å². The van der Waals surface area contributed by atoms with E-state index in [1.807, 2.05) is 20.0 Å². The van der Waals surface area contributed by atoms with Crippen LogP contribution in [0.5, 0.6) is 0 Å². The van der Waals surface area contributed by atoms with Gasteiger partial charge in [-0.05, 0) is 70.8 Å². The highest BCUT2D eigenvalue weighted by molar-refractivity contribution is 5.93. The fourth-order valence-electron chi connectivity index (χ4n) is 7.62. The number of hydrogen-bond donors (Lipinski definition) is 4. The lowest BCUT2D eigenvalue weighted by Crippen LogP contribution is -2.46. The van der Waals surface area contributed by atoms with Crippen molar-refractivity contribution < 1.29 is 19.1 Å². The monoisotopic (exact) mass is 730 g/mol. The van der Waals surface area contributed by atoms with Crippen molar-refractivity contribution in [2.75, 3.05) is 26.7 Å². The molecule has 282 valence electrons. The number of H-pyrrole nitrogens is 2. The van der Waals surface area contributed by atoms with Crippen molar-refractivity contribution >= 4 is 28.6 Å². The van der Waals surface area contributed by atoms with Crippen LogP contribution in [0.15, 0.2) is 73.1 Å². The molecule has 2 fully saturated rings. The van der Waals surface area contributed by atoms with Gasteiger partial charge in [0.15, 0.2) is 5.78 Å². The summed E-state index contributed by atoms with van der Waals surface area (Å²) in [5.41, 5.74) is 12.2. The van der Waals surface area contributed by atoms with Gasteiger partial charge in [0, 0.05) is 24.6 Å². The second kappa shape index (κ2) is 15.6. The number of benzene rings is 3. The minimum Gasteiger partial charge on any atom is -0.453 e. The van der Waals surface area contributed by atoms with E-state index in [1.165, 1.54) is 7.11 Å². The third-order valence-electron chi connectivity index (χ3n) is 11.0. The molecule has 0 radical (unpaired) electrons. The number of carbonyl (C=O) groups is 3. The Kier molecular flexibility index (Phi) is 10.7. The Morgan fingerprint density at radius 3 is 2.09 bits per heavy atom. The molecule has 5 N–H and O–H groups in total. The Bertz CT molecular complexity index is 2140. The maximum Gasteiger partial charge on any atom is 0.407 e. The van der Waals surface area contributed by atoms with Gasteiger partial charge in [-0.1, -0.05) is 76.2 Å². The van der Waals surface area contributed by atoms with Crippen LogP contribution in [0.2, 0.25) is 0 Å². The van der Waals surface area contributed by atoms with Gasteiger partial charge in [-0.25, -0.2) is 14.8 Å². The van der Waals surface area contributed by atoms with Crippen LogP contribution in [-0.4, -0.2) is 86.3 Å². The predicted molar refractivity (Wildman–Crippen MR) is 209 cm³/mol. The van der Waals surface area contributed by atoms with E-state index in [0.29, 0.717) is 5.82 Å². The zero-order valence-electron chi connectivity index (χ0n) is 31.6. The number of carbonyl (C=O) groups excluding carboxylic acids is 3. The number of nitrogens with zero attached hydrogens (tertiary/aromatic N) is 4. The number of aromatic nitrogens is 4. The number of nitrogens with one attached hydrogen (secondary N) is 3. The number of amides is 2. The van der Waals surface area contributed by atoms with Crippen LogP contribution in [0.25, 0.3) is 44.4 Å². The first-order valence-electron chi connectivity index (χ1n) is 18.9. The summed E-state index contributed by atoms with van der Waals surface area (Å²) in [6.07, 6.45) is 5.59. The van der Waals surface area contributed by atoms with Crippen molar-refractivity contribution in [3.05, 3.63) is 84.7 Å². The van der Waals surface area contributed by atoms with E-state index in [9.17, 15) is 14.4 Å². The summed E-state index contributed by atoms with van der Waals surface area (Å²) < 4.78 is 4.86. The molecule has 12 heteroatoms. The first kappa shape index (κ1) is 37.0. The van der Waals surface area contributed by atoms with Crippen LogP contribution in [0.1, 0.15) is 70.7 Å². The van der Waals surface area contributed by atoms with Crippen molar-refractivity contribution in [3.63, 3.8) is 0 Å². The molecule has 0 spiro atoms. The summed E-state index contributed by atoms with van der Waals surface area (Å²) in [5.74, 6) is 1.56. The van der Waals surface area contributed by atoms with Crippen LogP contribution in [-0.2, 0) is 14.3 Å². The third kappa shape index (κ3) is 7.67. The SMILES string of the molecule is COC(=O)NC(CN1CCCC1c1ncc(-c2ccc3cc(-c4ccc(-c5cnc(C6CC(=O)CN6C(=O)C(N)C(C)C)[nH]5)cc4)ccc3c2)[nH]1)C(C)C. The molecule has 0 bridgehead atoms. The molecule has 7 rings (SSSR count). The summed E-state index contributed by atoms with van der Waals surface area (Å²) in [6, 6.07) is 20.3. The number of rotatable bonds is 11. The van der Waals surface area contributed by atoms with Crippen molar-refractivity contribution in [1.82, 2.24) is 35.1 Å². The molecule has 3 aromatic carbocycles. The van der Waals surface area contributed by atoms with Crippen molar-refractivity contribution in [1.29, 1.82) is 0 Å². The number of nitrogens with two attached hydrogens (primary N) is 1. The van der Waals surface area contributed by atoms with Crippen molar-refractivity contribution in [3.8, 4) is 33.6 Å². The van der Waals surface area contributed by atoms with E-state index in [-0.39, 0.29) is 48.6 Å². The first-order chi connectivity index (χ1) is 26.0. The lowest BCUT2D eigenvalue weighted by molar-refractivity contribution is -0.135. The van der Waals surface area contributed by atoms with Crippen molar-refractivity contribution in [2.24, 2.45) is 17.6 Å². The summed E-state index contributed by atoms with van der Waals surface area (Å²) in [4.78, 5) is 57.7. The van der Waals surface area contributed by atoms with E-state index in [4.69, 9.17) is 15.5 Å². The summed E-state index contributed by atoms with van der Waals surface area (Å²) >= 11 is 0. The zero-order valence-corrected chi connectivity index (χ0v) is 31.6. The Labute approximate surface area is 315 Å². The Hall–Kier alpha value is -5.33. The molecule has 0 aliphatic carbocycles. The molecule has 12 nitrogen and oxygen atoms in total. The molecule has 4 atom stereocenters. The van der Waals surface area contributed by atoms with Crippen LogP contribution in [0, 0.1) is 11.8 Å². The molecule has 2 aliphatic heterocycles. The van der Waals surface area contributed by atoms with Gasteiger partial charge in [0.05, 0.1) is 55.6 Å². The maximum atomic E-state index is 13.0. The smallest absolute Gasteiger partial charge is 0.407 e. The molecule has 2 saturated heterocycles. The number of alkyl carbamates (subject to hydrolysis) is 1. The minimum absolute atomic E-state index is 0.00350. The maximum absolute atomic E-state index is 13.0. The second-order valence-electron chi connectivity index (χ2n) is 15.4. The van der Waals surface area contributed by atoms with Gasteiger partial charge < -0.3 is 30.7 Å². The highest BCUT2D eigenvalue weighted by Gasteiger charge is 2.39. The highest BCUT2D eigenvalue weighted by atomic mass is 16.5. The molecule has 0 saturated carbocycles. The van der Waals surface area contributed by atoms with Gasteiger partial charge in [0.25, 0.3) is 0 Å². The number of Topliss-reactive ketones (excluding diaryl/α,β-unsaturated/α-hetero) is 1. The van der Waals surface area contributed by atoms with Gasteiger partial charge in [-0.2, -0.15) is 0 Å². The Morgan fingerprint density at radius 2 is 1.44 bits per heavy atom. The third-order valence-corrected chi connectivity index (χ3v) is 11.0. The summed E-state index contributed by atoms with van der Waals surface area (Å²) in [7, 11) is 1.40. The van der Waals surface area contributed by atoms with E-state index in [1.54, 1.807) is 11.1 Å². The number of hydrogen-bond acceptors (Lipinski definition) is 8. The normalized spacial score (nSPS) is 18.9. The molecule has 2 aliphatic rings. The topological polar surface area (TPSA) is 162 Å². The fraction of sp³-hybridized carbons (Fsp3) is 0.405. The van der Waals surface area contributed by atoms with Gasteiger partial charge >= 0.3 is 6.09 Å². The average molecular weight is 731 g/mol. The van der Waals surface area contributed by atoms with Crippen LogP contribution in [0.3, 0.4) is 0 Å². The van der Waals surface area contributed by atoms with Crippen LogP contribution in [0.4, 0.5) is 4.79 Å². The molecule has 2 aromatic heterocycles. The van der Waals surface area contributed by atoms with Gasteiger partial charge in [0.1, 0.15) is 11.6 Å². The number of fused-ring (bicyclic) bond motifs is 1. The molecular weight excluding hydrogens is 681 g/mol. The molecule has 2 amide bonds. The van der Waals surface area contributed by atoms with Gasteiger partial charge in [-0.15, -0.1) is 0 Å². The molecule has 5 aromatic rings. The molecule has 4 heterocycles. The summed E-state index contributed by atoms with van der Waals surface area (Å²) in [6.45, 7) is 9.78. The second-order valence-corrected chi connectivity index (χ2v) is 15.4. The van der Waals surface area contributed by atoms with E-state index >= 15 is 0 Å². The van der Waals surface area contributed by atoms with Crippen molar-refractivity contribution in [2.45, 2.75) is 71.1 Å². The Morgan fingerprint density at radius 1 is 0.852 bits per heavy atom. The lowest BCUT2D eigenvalue weighted by atomic mass is 9.98. The van der Waals surface area contributed by atoms with Gasteiger partial charge in [0.2, 0.25) is 5.91 Å². The number of methoxy groups -OCH3 is 1. The highest BCUT2D eigenvalue weighted by Crippen LogP contribution is 2.35. The van der Waals surface area contributed by atoms with Crippen LogP contribution < -0.4 is 11.1 Å². The molecular formula is C42H50N8O4. The number of ether oxygens (including phenoxy) is 1. The molecule has 54 heavy (non-hydrogen) atoms. The lowest BCUT2D eigenvalue weighted by Gasteiger charge is -2.30. The number of likely N-dealkylation sites (tertiary alicyclic amines) is 2. The van der Waals surface area contributed by atoms with Crippen LogP contribution >= 0.6 is 0 Å². The van der Waals surface area contributed by atoms with Gasteiger partial charge in [-0.3, -0.25) is 14.5 Å². The number of ketones is 1.